The van der Waals surface area contributed by atoms with Crippen LogP contribution in [-0.2, 0) is 0 Å². The summed E-state index contributed by atoms with van der Waals surface area (Å²) in [6.07, 6.45) is 0. The SMILES string of the molecule is COc1ccc(C(NC(=O)c2ccc(C)nc2C)c2ccccc2)cc1. The summed E-state index contributed by atoms with van der Waals surface area (Å²) in [5.74, 6) is 0.644. The van der Waals surface area contributed by atoms with Gasteiger partial charge in [0, 0.05) is 5.69 Å². The van der Waals surface area contributed by atoms with Crippen LogP contribution in [0, 0.1) is 13.8 Å². The van der Waals surface area contributed by atoms with Crippen molar-refractivity contribution in [3.05, 3.63) is 94.8 Å². The molecule has 3 aromatic rings. The number of methoxy groups -OCH3 is 1. The summed E-state index contributed by atoms with van der Waals surface area (Å²) in [5, 5.41) is 3.14. The minimum Gasteiger partial charge on any atom is -0.497 e. The number of carbonyl (C=O) groups is 1. The van der Waals surface area contributed by atoms with Gasteiger partial charge in [0.25, 0.3) is 5.91 Å². The number of carbonyl (C=O) groups excluding carboxylic acids is 1. The summed E-state index contributed by atoms with van der Waals surface area (Å²) in [6, 6.07) is 21.1. The van der Waals surface area contributed by atoms with Crippen molar-refractivity contribution >= 4 is 5.91 Å². The van der Waals surface area contributed by atoms with Crippen LogP contribution in [-0.4, -0.2) is 18.0 Å². The number of nitrogens with zero attached hydrogens (tertiary/aromatic N) is 1. The standard InChI is InChI=1S/C22H22N2O2/c1-15-9-14-20(16(2)23-15)22(25)24-21(17-7-5-4-6-8-17)18-10-12-19(26-3)13-11-18/h4-14,21H,1-3H3,(H,24,25). The van der Waals surface area contributed by atoms with Gasteiger partial charge in [-0.3, -0.25) is 9.78 Å². The fraction of sp³-hybridized carbons (Fsp3) is 0.182. The minimum atomic E-state index is -0.254. The van der Waals surface area contributed by atoms with E-state index in [0.29, 0.717) is 5.56 Å². The molecule has 0 radical (unpaired) electrons. The van der Waals surface area contributed by atoms with E-state index in [2.05, 4.69) is 10.3 Å². The summed E-state index contributed by atoms with van der Waals surface area (Å²) in [4.78, 5) is 17.3. The Kier molecular flexibility index (Phi) is 5.32. The number of aromatic nitrogens is 1. The Morgan fingerprint density at radius 2 is 1.58 bits per heavy atom. The van der Waals surface area contributed by atoms with Crippen LogP contribution in [0.15, 0.2) is 66.7 Å². The van der Waals surface area contributed by atoms with Crippen molar-refractivity contribution in [1.82, 2.24) is 10.3 Å². The summed E-state index contributed by atoms with van der Waals surface area (Å²) >= 11 is 0. The van der Waals surface area contributed by atoms with Crippen molar-refractivity contribution in [3.63, 3.8) is 0 Å². The molecule has 1 aromatic heterocycles. The second-order valence-electron chi connectivity index (χ2n) is 6.18. The maximum absolute atomic E-state index is 12.9. The Morgan fingerprint density at radius 1 is 0.923 bits per heavy atom. The van der Waals surface area contributed by atoms with E-state index in [0.717, 1.165) is 28.3 Å². The molecular formula is C22H22N2O2. The molecule has 0 aliphatic carbocycles. The van der Waals surface area contributed by atoms with Gasteiger partial charge < -0.3 is 10.1 Å². The van der Waals surface area contributed by atoms with Gasteiger partial charge >= 0.3 is 0 Å². The first-order valence-corrected chi connectivity index (χ1v) is 8.52. The fourth-order valence-corrected chi connectivity index (χ4v) is 2.94. The first-order valence-electron chi connectivity index (χ1n) is 8.52. The molecule has 0 bridgehead atoms. The zero-order chi connectivity index (χ0) is 18.5. The van der Waals surface area contributed by atoms with Crippen LogP contribution >= 0.6 is 0 Å². The smallest absolute Gasteiger partial charge is 0.253 e. The number of pyridine rings is 1. The number of rotatable bonds is 5. The highest BCUT2D eigenvalue weighted by atomic mass is 16.5. The average molecular weight is 346 g/mol. The summed E-state index contributed by atoms with van der Waals surface area (Å²) < 4.78 is 5.24. The lowest BCUT2D eigenvalue weighted by molar-refractivity contribution is 0.0942. The molecule has 1 unspecified atom stereocenters. The Morgan fingerprint density at radius 3 is 2.19 bits per heavy atom. The van der Waals surface area contributed by atoms with Crippen LogP contribution in [0.3, 0.4) is 0 Å². The van der Waals surface area contributed by atoms with Gasteiger partial charge in [0.15, 0.2) is 0 Å². The Bertz CT molecular complexity index is 890. The van der Waals surface area contributed by atoms with E-state index >= 15 is 0 Å². The van der Waals surface area contributed by atoms with Crippen LogP contribution in [0.2, 0.25) is 0 Å². The lowest BCUT2D eigenvalue weighted by atomic mass is 9.98. The minimum absolute atomic E-state index is 0.139. The van der Waals surface area contributed by atoms with Crippen LogP contribution in [0.5, 0.6) is 5.75 Å². The molecule has 1 heterocycles. The van der Waals surface area contributed by atoms with Gasteiger partial charge in [0.1, 0.15) is 5.75 Å². The first-order chi connectivity index (χ1) is 12.6. The molecule has 1 N–H and O–H groups in total. The molecule has 132 valence electrons. The van der Waals surface area contributed by atoms with Gasteiger partial charge in [-0.1, -0.05) is 42.5 Å². The third-order valence-electron chi connectivity index (χ3n) is 4.33. The number of nitrogens with one attached hydrogen (secondary N) is 1. The molecule has 3 rings (SSSR count). The maximum atomic E-state index is 12.9. The van der Waals surface area contributed by atoms with E-state index in [4.69, 9.17) is 4.74 Å². The molecule has 1 atom stereocenters. The third-order valence-corrected chi connectivity index (χ3v) is 4.33. The molecular weight excluding hydrogens is 324 g/mol. The molecule has 0 spiro atoms. The highest BCUT2D eigenvalue weighted by Gasteiger charge is 2.19. The Hall–Kier alpha value is -3.14. The van der Waals surface area contributed by atoms with E-state index in [-0.39, 0.29) is 11.9 Å². The van der Waals surface area contributed by atoms with Gasteiger partial charge in [0.2, 0.25) is 0 Å². The topological polar surface area (TPSA) is 51.2 Å². The average Bonchev–Trinajstić information content (AvgIpc) is 2.67. The number of benzene rings is 2. The number of hydrogen-bond acceptors (Lipinski definition) is 3. The number of ether oxygens (including phenoxy) is 1. The highest BCUT2D eigenvalue weighted by molar-refractivity contribution is 5.95. The number of amides is 1. The number of hydrogen-bond donors (Lipinski definition) is 1. The monoisotopic (exact) mass is 346 g/mol. The Labute approximate surface area is 153 Å². The second-order valence-corrected chi connectivity index (χ2v) is 6.18. The van der Waals surface area contributed by atoms with Gasteiger partial charge in [-0.15, -0.1) is 0 Å². The largest absolute Gasteiger partial charge is 0.497 e. The maximum Gasteiger partial charge on any atom is 0.253 e. The highest BCUT2D eigenvalue weighted by Crippen LogP contribution is 2.25. The summed E-state index contributed by atoms with van der Waals surface area (Å²) in [5.41, 5.74) is 4.22. The van der Waals surface area contributed by atoms with Crippen molar-refractivity contribution < 1.29 is 9.53 Å². The quantitative estimate of drug-likeness (QED) is 0.752. The van der Waals surface area contributed by atoms with Crippen LogP contribution in [0.4, 0.5) is 0 Å². The predicted molar refractivity (Wildman–Crippen MR) is 102 cm³/mol. The van der Waals surface area contributed by atoms with Gasteiger partial charge in [-0.2, -0.15) is 0 Å². The van der Waals surface area contributed by atoms with Gasteiger partial charge in [-0.25, -0.2) is 0 Å². The van der Waals surface area contributed by atoms with Crippen molar-refractivity contribution in [2.24, 2.45) is 0 Å². The van der Waals surface area contributed by atoms with E-state index in [1.54, 1.807) is 7.11 Å². The zero-order valence-corrected chi connectivity index (χ0v) is 15.2. The van der Waals surface area contributed by atoms with E-state index in [1.807, 2.05) is 80.6 Å². The molecule has 4 nitrogen and oxygen atoms in total. The van der Waals surface area contributed by atoms with Crippen LogP contribution < -0.4 is 10.1 Å². The molecule has 0 aliphatic heterocycles. The van der Waals surface area contributed by atoms with E-state index < -0.39 is 0 Å². The number of aryl methyl sites for hydroxylation is 2. The van der Waals surface area contributed by atoms with E-state index in [1.165, 1.54) is 0 Å². The first kappa shape index (κ1) is 17.7. The molecule has 1 amide bonds. The van der Waals surface area contributed by atoms with Crippen molar-refractivity contribution in [2.75, 3.05) is 7.11 Å². The van der Waals surface area contributed by atoms with Crippen molar-refractivity contribution in [1.29, 1.82) is 0 Å². The summed E-state index contributed by atoms with van der Waals surface area (Å²) in [7, 11) is 1.64. The Balaban J connectivity index is 1.94. The molecule has 2 aromatic carbocycles. The molecule has 0 saturated heterocycles. The normalized spacial score (nSPS) is 11.7. The molecule has 4 heteroatoms. The lowest BCUT2D eigenvalue weighted by Gasteiger charge is -2.20. The van der Waals surface area contributed by atoms with Gasteiger partial charge in [0.05, 0.1) is 24.4 Å². The van der Waals surface area contributed by atoms with Crippen molar-refractivity contribution in [3.8, 4) is 5.75 Å². The van der Waals surface area contributed by atoms with Crippen LogP contribution in [0.25, 0.3) is 0 Å². The third kappa shape index (κ3) is 3.91. The van der Waals surface area contributed by atoms with Gasteiger partial charge in [-0.05, 0) is 49.2 Å². The lowest BCUT2D eigenvalue weighted by Crippen LogP contribution is -2.30. The fourth-order valence-electron chi connectivity index (χ4n) is 2.94. The molecule has 26 heavy (non-hydrogen) atoms. The second kappa shape index (κ2) is 7.83. The molecule has 0 saturated carbocycles. The zero-order valence-electron chi connectivity index (χ0n) is 15.2. The predicted octanol–water partition coefficient (Wildman–Crippen LogP) is 4.23. The summed E-state index contributed by atoms with van der Waals surface area (Å²) in [6.45, 7) is 3.77. The van der Waals surface area contributed by atoms with E-state index in [9.17, 15) is 4.79 Å². The van der Waals surface area contributed by atoms with Crippen molar-refractivity contribution in [2.45, 2.75) is 19.9 Å². The molecule has 0 aliphatic rings. The molecule has 0 fully saturated rings. The van der Waals surface area contributed by atoms with Crippen LogP contribution in [0.1, 0.15) is 38.9 Å².